The number of fused-ring (bicyclic) bond motifs is 2. The first-order chi connectivity index (χ1) is 10.7. The lowest BCUT2D eigenvalue weighted by atomic mass is 10.0. The van der Waals surface area contributed by atoms with Crippen LogP contribution in [0.15, 0.2) is 48.7 Å². The summed E-state index contributed by atoms with van der Waals surface area (Å²) in [5, 5.41) is 9.22. The van der Waals surface area contributed by atoms with E-state index in [-0.39, 0.29) is 0 Å². The van der Waals surface area contributed by atoms with Crippen molar-refractivity contribution in [1.82, 2.24) is 15.2 Å². The van der Waals surface area contributed by atoms with E-state index in [1.807, 2.05) is 19.1 Å². The molecule has 0 aliphatic carbocycles. The fourth-order valence-electron chi connectivity index (χ4n) is 2.76. The van der Waals surface area contributed by atoms with Gasteiger partial charge in [0, 0.05) is 11.1 Å². The first-order valence-corrected chi connectivity index (χ1v) is 7.13. The van der Waals surface area contributed by atoms with E-state index in [9.17, 15) is 0 Å². The molecule has 4 rings (SSSR count). The van der Waals surface area contributed by atoms with Crippen LogP contribution < -0.4 is 4.74 Å². The summed E-state index contributed by atoms with van der Waals surface area (Å²) in [6, 6.07) is 14.6. The average molecular weight is 289 g/mol. The van der Waals surface area contributed by atoms with Crippen molar-refractivity contribution in [3.8, 4) is 16.9 Å². The van der Waals surface area contributed by atoms with Crippen LogP contribution in [-0.4, -0.2) is 22.3 Å². The molecule has 0 atom stereocenters. The molecule has 2 aromatic heterocycles. The van der Waals surface area contributed by atoms with E-state index in [4.69, 9.17) is 4.74 Å². The van der Waals surface area contributed by atoms with Crippen LogP contribution in [-0.2, 0) is 0 Å². The van der Waals surface area contributed by atoms with Crippen molar-refractivity contribution in [3.05, 3.63) is 54.4 Å². The molecule has 1 N–H and O–H groups in total. The van der Waals surface area contributed by atoms with Crippen LogP contribution in [0.2, 0.25) is 0 Å². The number of methoxy groups -OCH3 is 1. The molecule has 0 saturated heterocycles. The van der Waals surface area contributed by atoms with E-state index >= 15 is 0 Å². The molecule has 2 heterocycles. The minimum Gasteiger partial charge on any atom is -0.496 e. The molecule has 2 aromatic carbocycles. The molecule has 108 valence electrons. The molecule has 0 fully saturated rings. The highest BCUT2D eigenvalue weighted by atomic mass is 16.5. The number of pyridine rings is 1. The third-order valence-electron chi connectivity index (χ3n) is 3.90. The number of benzene rings is 2. The Bertz CT molecular complexity index is 988. The minimum absolute atomic E-state index is 0.823. The molecule has 0 spiro atoms. The normalized spacial score (nSPS) is 11.2. The molecule has 0 radical (unpaired) electrons. The number of rotatable bonds is 2. The van der Waals surface area contributed by atoms with Gasteiger partial charge < -0.3 is 4.74 Å². The number of hydrogen-bond donors (Lipinski definition) is 1. The zero-order chi connectivity index (χ0) is 15.1. The lowest BCUT2D eigenvalue weighted by Gasteiger charge is -2.08. The predicted octanol–water partition coefficient (Wildman–Crippen LogP) is 4.10. The second kappa shape index (κ2) is 4.84. The van der Waals surface area contributed by atoms with Gasteiger partial charge in [0.15, 0.2) is 0 Å². The van der Waals surface area contributed by atoms with E-state index in [1.54, 1.807) is 13.3 Å². The summed E-state index contributed by atoms with van der Waals surface area (Å²) in [6.45, 7) is 2.00. The fraction of sp³-hybridized carbons (Fsp3) is 0.111. The van der Waals surface area contributed by atoms with E-state index in [0.29, 0.717) is 0 Å². The van der Waals surface area contributed by atoms with E-state index in [1.165, 1.54) is 0 Å². The summed E-state index contributed by atoms with van der Waals surface area (Å²) >= 11 is 0. The minimum atomic E-state index is 0.823. The Morgan fingerprint density at radius 2 is 1.91 bits per heavy atom. The Hall–Kier alpha value is -2.88. The molecular formula is C18H15N3O. The number of nitrogens with zero attached hydrogens (tertiary/aromatic N) is 2. The van der Waals surface area contributed by atoms with Gasteiger partial charge in [0.2, 0.25) is 0 Å². The van der Waals surface area contributed by atoms with Gasteiger partial charge in [-0.2, -0.15) is 5.10 Å². The van der Waals surface area contributed by atoms with Crippen molar-refractivity contribution < 1.29 is 4.74 Å². The van der Waals surface area contributed by atoms with Crippen LogP contribution in [0.25, 0.3) is 32.9 Å². The van der Waals surface area contributed by atoms with E-state index in [2.05, 4.69) is 45.5 Å². The molecule has 0 aliphatic rings. The molecule has 4 heteroatoms. The second-order valence-corrected chi connectivity index (χ2v) is 5.37. The number of aromatic amines is 1. The van der Waals surface area contributed by atoms with Gasteiger partial charge in [0.25, 0.3) is 0 Å². The molecular weight excluding hydrogens is 274 g/mol. The van der Waals surface area contributed by atoms with Gasteiger partial charge in [-0.05, 0) is 48.4 Å². The highest BCUT2D eigenvalue weighted by molar-refractivity contribution is 5.92. The largest absolute Gasteiger partial charge is 0.496 e. The number of nitrogens with one attached hydrogen (secondary N) is 1. The van der Waals surface area contributed by atoms with Gasteiger partial charge in [0.05, 0.1) is 29.7 Å². The van der Waals surface area contributed by atoms with Crippen LogP contribution in [0.4, 0.5) is 0 Å². The molecule has 0 unspecified atom stereocenters. The average Bonchev–Trinajstić information content (AvgIpc) is 3.02. The van der Waals surface area contributed by atoms with Crippen LogP contribution in [0.5, 0.6) is 5.75 Å². The van der Waals surface area contributed by atoms with Crippen LogP contribution in [0.1, 0.15) is 5.69 Å². The monoisotopic (exact) mass is 289 g/mol. The summed E-state index contributed by atoms with van der Waals surface area (Å²) in [4.78, 5) is 4.54. The van der Waals surface area contributed by atoms with Gasteiger partial charge in [-0.1, -0.05) is 12.1 Å². The number of H-pyrrole nitrogens is 1. The highest BCUT2D eigenvalue weighted by Gasteiger charge is 2.08. The summed E-state index contributed by atoms with van der Waals surface area (Å²) in [6.07, 6.45) is 1.78. The van der Waals surface area contributed by atoms with Crippen molar-refractivity contribution in [1.29, 1.82) is 0 Å². The van der Waals surface area contributed by atoms with Crippen LogP contribution >= 0.6 is 0 Å². The number of ether oxygens (including phenoxy) is 1. The third kappa shape index (κ3) is 2.00. The van der Waals surface area contributed by atoms with Crippen molar-refractivity contribution in [2.24, 2.45) is 0 Å². The zero-order valence-corrected chi connectivity index (χ0v) is 12.4. The second-order valence-electron chi connectivity index (χ2n) is 5.37. The molecule has 0 aliphatic heterocycles. The van der Waals surface area contributed by atoms with Crippen molar-refractivity contribution >= 4 is 21.8 Å². The predicted molar refractivity (Wildman–Crippen MR) is 88.1 cm³/mol. The SMILES string of the molecule is COc1cc(-c2ccc3nc(C)ccc3c2)cc2[nH]ncc12. The van der Waals surface area contributed by atoms with Gasteiger partial charge in [-0.15, -0.1) is 0 Å². The zero-order valence-electron chi connectivity index (χ0n) is 12.4. The standard InChI is InChI=1S/C18H15N3O/c1-11-3-4-13-7-12(5-6-16(13)20-11)14-8-17-15(10-19-21-17)18(9-14)22-2/h3-10H,1-2H3,(H,19,21). The van der Waals surface area contributed by atoms with Crippen LogP contribution in [0.3, 0.4) is 0 Å². The molecule has 0 saturated carbocycles. The number of aryl methyl sites for hydroxylation is 1. The lowest BCUT2D eigenvalue weighted by molar-refractivity contribution is 0.420. The summed E-state index contributed by atoms with van der Waals surface area (Å²) in [5.41, 5.74) is 5.24. The Morgan fingerprint density at radius 1 is 1.00 bits per heavy atom. The van der Waals surface area contributed by atoms with Gasteiger partial charge in [-0.25, -0.2) is 0 Å². The van der Waals surface area contributed by atoms with Crippen molar-refractivity contribution in [2.45, 2.75) is 6.92 Å². The fourth-order valence-corrected chi connectivity index (χ4v) is 2.76. The quantitative estimate of drug-likeness (QED) is 0.604. The van der Waals surface area contributed by atoms with Gasteiger partial charge in [-0.3, -0.25) is 10.1 Å². The summed E-state index contributed by atoms with van der Waals surface area (Å²) < 4.78 is 5.48. The van der Waals surface area contributed by atoms with Crippen molar-refractivity contribution in [2.75, 3.05) is 7.11 Å². The summed E-state index contributed by atoms with van der Waals surface area (Å²) in [5.74, 6) is 0.823. The van der Waals surface area contributed by atoms with E-state index in [0.717, 1.165) is 44.4 Å². The molecule has 4 aromatic rings. The lowest BCUT2D eigenvalue weighted by Crippen LogP contribution is -1.87. The topological polar surface area (TPSA) is 50.8 Å². The van der Waals surface area contributed by atoms with E-state index < -0.39 is 0 Å². The smallest absolute Gasteiger partial charge is 0.130 e. The van der Waals surface area contributed by atoms with Crippen molar-refractivity contribution in [3.63, 3.8) is 0 Å². The highest BCUT2D eigenvalue weighted by Crippen LogP contribution is 2.32. The maximum absolute atomic E-state index is 5.48. The Balaban J connectivity index is 1.92. The summed E-state index contributed by atoms with van der Waals surface area (Å²) in [7, 11) is 1.68. The molecule has 0 amide bonds. The van der Waals surface area contributed by atoms with Gasteiger partial charge >= 0.3 is 0 Å². The van der Waals surface area contributed by atoms with Crippen LogP contribution in [0, 0.1) is 6.92 Å². The number of aromatic nitrogens is 3. The maximum atomic E-state index is 5.48. The molecule has 4 nitrogen and oxygen atoms in total. The van der Waals surface area contributed by atoms with Gasteiger partial charge in [0.1, 0.15) is 5.75 Å². The maximum Gasteiger partial charge on any atom is 0.130 e. The third-order valence-corrected chi connectivity index (χ3v) is 3.90. The Morgan fingerprint density at radius 3 is 2.77 bits per heavy atom. The molecule has 22 heavy (non-hydrogen) atoms. The first kappa shape index (κ1) is 12.8. The molecule has 0 bridgehead atoms. The Labute approximate surface area is 127 Å². The number of hydrogen-bond acceptors (Lipinski definition) is 3. The first-order valence-electron chi connectivity index (χ1n) is 7.13. The Kier molecular flexibility index (Phi) is 2.82.